The van der Waals surface area contributed by atoms with Gasteiger partial charge in [-0.15, -0.1) is 0 Å². The Morgan fingerprint density at radius 3 is 3.00 bits per heavy atom. The lowest BCUT2D eigenvalue weighted by Gasteiger charge is -2.01. The molecule has 0 bridgehead atoms. The van der Waals surface area contributed by atoms with E-state index in [0.29, 0.717) is 37.7 Å². The first-order chi connectivity index (χ1) is 7.22. The molecule has 84 valence electrons. The Labute approximate surface area is 88.0 Å². The molecule has 1 aromatic heterocycles. The summed E-state index contributed by atoms with van der Waals surface area (Å²) in [6.45, 7) is 2.68. The molecule has 0 unspecified atom stereocenters. The predicted molar refractivity (Wildman–Crippen MR) is 52.2 cm³/mol. The van der Waals surface area contributed by atoms with Gasteiger partial charge >= 0.3 is 0 Å². The number of amides is 1. The number of hydrogen-bond acceptors (Lipinski definition) is 5. The Bertz CT molecular complexity index is 311. The second-order valence-electron chi connectivity index (χ2n) is 3.07. The van der Waals surface area contributed by atoms with Crippen LogP contribution in [-0.4, -0.2) is 36.3 Å². The Morgan fingerprint density at radius 2 is 2.40 bits per heavy atom. The first-order valence-corrected chi connectivity index (χ1v) is 4.77. The van der Waals surface area contributed by atoms with Crippen LogP contribution in [0.25, 0.3) is 0 Å². The van der Waals surface area contributed by atoms with Gasteiger partial charge in [0, 0.05) is 33.4 Å². The number of methoxy groups -OCH3 is 1. The van der Waals surface area contributed by atoms with E-state index >= 15 is 0 Å². The smallest absolute Gasteiger partial charge is 0.223 e. The van der Waals surface area contributed by atoms with E-state index < -0.39 is 0 Å². The van der Waals surface area contributed by atoms with Crippen molar-refractivity contribution in [2.45, 2.75) is 19.8 Å². The van der Waals surface area contributed by atoms with Gasteiger partial charge in [0.1, 0.15) is 0 Å². The minimum Gasteiger partial charge on any atom is -0.384 e. The molecule has 1 amide bonds. The summed E-state index contributed by atoms with van der Waals surface area (Å²) in [7, 11) is 1.56. The molecule has 6 heteroatoms. The third-order valence-electron chi connectivity index (χ3n) is 1.77. The van der Waals surface area contributed by atoms with Crippen LogP contribution in [-0.2, 0) is 16.0 Å². The van der Waals surface area contributed by atoms with Crippen LogP contribution in [0.4, 0.5) is 0 Å². The Morgan fingerprint density at radius 1 is 1.60 bits per heavy atom. The van der Waals surface area contributed by atoms with Crippen LogP contribution in [0.3, 0.4) is 0 Å². The van der Waals surface area contributed by atoms with Gasteiger partial charge in [-0.3, -0.25) is 4.79 Å². The van der Waals surface area contributed by atoms with E-state index in [-0.39, 0.29) is 5.91 Å². The minimum absolute atomic E-state index is 0.0305. The van der Waals surface area contributed by atoms with Crippen molar-refractivity contribution in [3.63, 3.8) is 0 Å². The Balaban J connectivity index is 2.13. The lowest BCUT2D eigenvalue weighted by molar-refractivity contribution is -0.121. The highest BCUT2D eigenvalue weighted by atomic mass is 16.5. The number of aryl methyl sites for hydroxylation is 1. The zero-order valence-electron chi connectivity index (χ0n) is 8.95. The largest absolute Gasteiger partial charge is 0.384 e. The van der Waals surface area contributed by atoms with Crippen molar-refractivity contribution in [1.29, 1.82) is 0 Å². The van der Waals surface area contributed by atoms with Crippen LogP contribution in [0.15, 0.2) is 4.52 Å². The van der Waals surface area contributed by atoms with Crippen molar-refractivity contribution in [2.75, 3.05) is 20.3 Å². The van der Waals surface area contributed by atoms with E-state index in [1.165, 1.54) is 0 Å². The summed E-state index contributed by atoms with van der Waals surface area (Å²) in [4.78, 5) is 15.2. The molecule has 0 spiro atoms. The third kappa shape index (κ3) is 4.55. The fraction of sp³-hybridized carbons (Fsp3) is 0.667. The fourth-order valence-electron chi connectivity index (χ4n) is 1.04. The average molecular weight is 213 g/mol. The van der Waals surface area contributed by atoms with Crippen LogP contribution in [0.5, 0.6) is 0 Å². The van der Waals surface area contributed by atoms with Gasteiger partial charge in [-0.05, 0) is 0 Å². The number of carbonyl (C=O) groups excluding carboxylic acids is 1. The first-order valence-electron chi connectivity index (χ1n) is 4.77. The van der Waals surface area contributed by atoms with Crippen molar-refractivity contribution in [1.82, 2.24) is 15.5 Å². The Kier molecular flexibility index (Phi) is 4.76. The van der Waals surface area contributed by atoms with Gasteiger partial charge in [0.25, 0.3) is 0 Å². The van der Waals surface area contributed by atoms with Crippen molar-refractivity contribution in [3.05, 3.63) is 11.7 Å². The van der Waals surface area contributed by atoms with E-state index in [0.717, 1.165) is 0 Å². The monoisotopic (exact) mass is 213 g/mol. The molecule has 0 fully saturated rings. The van der Waals surface area contributed by atoms with Gasteiger partial charge in [-0.1, -0.05) is 5.16 Å². The maximum atomic E-state index is 11.1. The lowest BCUT2D eigenvalue weighted by Crippen LogP contribution is -2.26. The second kappa shape index (κ2) is 6.13. The topological polar surface area (TPSA) is 77.2 Å². The van der Waals surface area contributed by atoms with Gasteiger partial charge in [-0.2, -0.15) is 4.98 Å². The maximum Gasteiger partial charge on any atom is 0.223 e. The molecular formula is C9H15N3O3. The van der Waals surface area contributed by atoms with Crippen LogP contribution in [0, 0.1) is 6.92 Å². The minimum atomic E-state index is -0.0305. The predicted octanol–water partition coefficient (Wildman–Crippen LogP) is 0.0732. The lowest BCUT2D eigenvalue weighted by atomic mass is 10.3. The zero-order chi connectivity index (χ0) is 11.1. The number of hydrogen-bond donors (Lipinski definition) is 1. The maximum absolute atomic E-state index is 11.1. The first kappa shape index (κ1) is 11.6. The molecule has 0 atom stereocenters. The van der Waals surface area contributed by atoms with Gasteiger partial charge in [0.15, 0.2) is 5.82 Å². The number of carbonyl (C=O) groups is 1. The third-order valence-corrected chi connectivity index (χ3v) is 1.77. The number of ether oxygens (including phenoxy) is 1. The van der Waals surface area contributed by atoms with Gasteiger partial charge in [-0.25, -0.2) is 0 Å². The van der Waals surface area contributed by atoms with Crippen molar-refractivity contribution < 1.29 is 14.1 Å². The Hall–Kier alpha value is -1.43. The van der Waals surface area contributed by atoms with Crippen LogP contribution in [0.2, 0.25) is 0 Å². The molecule has 0 aliphatic heterocycles. The second-order valence-corrected chi connectivity index (χ2v) is 3.07. The average Bonchev–Trinajstić information content (AvgIpc) is 2.61. The summed E-state index contributed by atoms with van der Waals surface area (Å²) in [5.41, 5.74) is 0. The van der Waals surface area contributed by atoms with Gasteiger partial charge in [0.2, 0.25) is 11.8 Å². The zero-order valence-corrected chi connectivity index (χ0v) is 8.95. The van der Waals surface area contributed by atoms with E-state index in [4.69, 9.17) is 9.26 Å². The standard InChI is InChI=1S/C9H15N3O3/c1-7-11-8(12-15-7)3-5-10-9(13)4-6-14-2/h3-6H2,1-2H3,(H,10,13). The fourth-order valence-corrected chi connectivity index (χ4v) is 1.04. The summed E-state index contributed by atoms with van der Waals surface area (Å²) in [5.74, 6) is 1.12. The molecule has 0 aliphatic carbocycles. The van der Waals surface area contributed by atoms with Gasteiger partial charge < -0.3 is 14.6 Å². The molecule has 1 rings (SSSR count). The van der Waals surface area contributed by atoms with Crippen molar-refractivity contribution >= 4 is 5.91 Å². The van der Waals surface area contributed by atoms with Crippen LogP contribution in [0.1, 0.15) is 18.1 Å². The molecule has 0 aliphatic rings. The number of aromatic nitrogens is 2. The molecule has 1 heterocycles. The summed E-state index contributed by atoms with van der Waals surface area (Å²) >= 11 is 0. The highest BCUT2D eigenvalue weighted by Gasteiger charge is 2.03. The van der Waals surface area contributed by atoms with Crippen molar-refractivity contribution in [2.24, 2.45) is 0 Å². The number of nitrogens with one attached hydrogen (secondary N) is 1. The van der Waals surface area contributed by atoms with E-state index in [2.05, 4.69) is 15.5 Å². The molecule has 1 N–H and O–H groups in total. The van der Waals surface area contributed by atoms with E-state index in [1.807, 2.05) is 0 Å². The quantitative estimate of drug-likeness (QED) is 0.723. The molecule has 15 heavy (non-hydrogen) atoms. The van der Waals surface area contributed by atoms with E-state index in [9.17, 15) is 4.79 Å². The van der Waals surface area contributed by atoms with Gasteiger partial charge in [0.05, 0.1) is 6.61 Å². The highest BCUT2D eigenvalue weighted by molar-refractivity contribution is 5.75. The van der Waals surface area contributed by atoms with Crippen LogP contribution >= 0.6 is 0 Å². The molecular weight excluding hydrogens is 198 g/mol. The van der Waals surface area contributed by atoms with Crippen LogP contribution < -0.4 is 5.32 Å². The highest BCUT2D eigenvalue weighted by Crippen LogP contribution is 1.94. The molecule has 0 saturated carbocycles. The summed E-state index contributed by atoms with van der Waals surface area (Å²) < 4.78 is 9.57. The van der Waals surface area contributed by atoms with E-state index in [1.54, 1.807) is 14.0 Å². The molecule has 0 aromatic carbocycles. The molecule has 0 radical (unpaired) electrons. The summed E-state index contributed by atoms with van der Waals surface area (Å²) in [5, 5.41) is 6.45. The normalized spacial score (nSPS) is 10.3. The molecule has 0 saturated heterocycles. The summed E-state index contributed by atoms with van der Waals surface area (Å²) in [6, 6.07) is 0. The number of rotatable bonds is 6. The SMILES string of the molecule is COCCC(=O)NCCc1noc(C)n1. The summed E-state index contributed by atoms with van der Waals surface area (Å²) in [6.07, 6.45) is 0.956. The molecule has 1 aromatic rings. The van der Waals surface area contributed by atoms with Crippen molar-refractivity contribution in [3.8, 4) is 0 Å². The molecule has 6 nitrogen and oxygen atoms in total. The number of nitrogens with zero attached hydrogens (tertiary/aromatic N) is 2.